The third kappa shape index (κ3) is 2.81. The summed E-state index contributed by atoms with van der Waals surface area (Å²) < 4.78 is 0. The van der Waals surface area contributed by atoms with Crippen LogP contribution in [-0.2, 0) is 0 Å². The van der Waals surface area contributed by atoms with Crippen molar-refractivity contribution in [3.8, 4) is 0 Å². The number of H-pyrrole nitrogens is 1. The van der Waals surface area contributed by atoms with Crippen LogP contribution in [0.2, 0.25) is 5.02 Å². The van der Waals surface area contributed by atoms with Crippen LogP contribution < -0.4 is 0 Å². The molecule has 1 aromatic heterocycles. The van der Waals surface area contributed by atoms with Gasteiger partial charge in [-0.25, -0.2) is 4.98 Å². The minimum atomic E-state index is 0.543. The largest absolute Gasteiger partial charge is 0.342 e. The van der Waals surface area contributed by atoms with Gasteiger partial charge in [-0.3, -0.25) is 0 Å². The Morgan fingerprint density at radius 2 is 2.18 bits per heavy atom. The quantitative estimate of drug-likeness (QED) is 0.803. The van der Waals surface area contributed by atoms with E-state index < -0.39 is 0 Å². The summed E-state index contributed by atoms with van der Waals surface area (Å²) in [4.78, 5) is 8.06. The molecule has 92 valence electrons. The Hall–Kier alpha value is -1.02. The number of aromatic amines is 1. The zero-order chi connectivity index (χ0) is 12.3. The minimum Gasteiger partial charge on any atom is -0.342 e. The molecule has 1 atom stereocenters. The lowest BCUT2D eigenvalue weighted by atomic mass is 9.99. The van der Waals surface area contributed by atoms with E-state index in [1.54, 1.807) is 0 Å². The molecule has 0 aliphatic carbocycles. The van der Waals surface area contributed by atoms with E-state index in [1.807, 2.05) is 18.2 Å². The zero-order valence-corrected chi connectivity index (χ0v) is 11.2. The first-order chi connectivity index (χ1) is 8.24. The average Bonchev–Trinajstić information content (AvgIpc) is 2.72. The lowest BCUT2D eigenvalue weighted by molar-refractivity contribution is 0.549. The molecule has 3 heteroatoms. The van der Waals surface area contributed by atoms with Gasteiger partial charge in [-0.1, -0.05) is 38.3 Å². The van der Waals surface area contributed by atoms with Crippen LogP contribution in [0.15, 0.2) is 18.2 Å². The van der Waals surface area contributed by atoms with Gasteiger partial charge in [0.15, 0.2) is 0 Å². The molecule has 2 rings (SSSR count). The molecule has 1 aromatic carbocycles. The summed E-state index contributed by atoms with van der Waals surface area (Å²) in [6, 6.07) is 5.81. The second-order valence-corrected chi connectivity index (χ2v) is 4.97. The maximum absolute atomic E-state index is 5.98. The van der Waals surface area contributed by atoms with E-state index in [4.69, 9.17) is 11.6 Å². The van der Waals surface area contributed by atoms with Gasteiger partial charge in [-0.15, -0.1) is 0 Å². The molecule has 0 saturated heterocycles. The normalized spacial score (nSPS) is 13.1. The number of unbranched alkanes of at least 4 members (excludes halogenated alkanes) is 1. The highest BCUT2D eigenvalue weighted by molar-refractivity contribution is 6.31. The summed E-state index contributed by atoms with van der Waals surface area (Å²) >= 11 is 5.98. The molecule has 1 N–H and O–H groups in total. The lowest BCUT2D eigenvalue weighted by Gasteiger charge is -2.10. The number of nitrogens with one attached hydrogen (secondary N) is 1. The van der Waals surface area contributed by atoms with Crippen LogP contribution in [0.4, 0.5) is 0 Å². The molecule has 2 nitrogen and oxygen atoms in total. The van der Waals surface area contributed by atoms with Crippen LogP contribution in [0.25, 0.3) is 11.0 Å². The number of imidazole rings is 1. The Kier molecular flexibility index (Phi) is 4.06. The van der Waals surface area contributed by atoms with Crippen LogP contribution in [0.3, 0.4) is 0 Å². The lowest BCUT2D eigenvalue weighted by Crippen LogP contribution is -1.99. The fourth-order valence-corrected chi connectivity index (χ4v) is 2.35. The first-order valence-corrected chi connectivity index (χ1v) is 6.77. The standard InChI is InChI=1S/C14H19ClN2/c1-3-5-6-10(4-2)14-16-12-8-7-11(15)9-13(12)17-14/h7-10H,3-6H2,1-2H3,(H,16,17). The SMILES string of the molecule is CCCCC(CC)c1nc2ccc(Cl)cc2[nH]1. The molecule has 1 heterocycles. The molecule has 0 radical (unpaired) electrons. The molecule has 0 spiro atoms. The molecule has 0 bridgehead atoms. The van der Waals surface area contributed by atoms with E-state index in [-0.39, 0.29) is 0 Å². The molecule has 0 aliphatic rings. The summed E-state index contributed by atoms with van der Waals surface area (Å²) in [7, 11) is 0. The number of rotatable bonds is 5. The number of fused-ring (bicyclic) bond motifs is 1. The molecule has 0 fully saturated rings. The Labute approximate surface area is 107 Å². The van der Waals surface area contributed by atoms with E-state index in [2.05, 4.69) is 23.8 Å². The fraction of sp³-hybridized carbons (Fsp3) is 0.500. The van der Waals surface area contributed by atoms with Crippen LogP contribution in [0.1, 0.15) is 51.3 Å². The van der Waals surface area contributed by atoms with Gasteiger partial charge in [0, 0.05) is 10.9 Å². The van der Waals surface area contributed by atoms with Crippen molar-refractivity contribution in [1.29, 1.82) is 0 Å². The third-order valence-electron chi connectivity index (χ3n) is 3.25. The van der Waals surface area contributed by atoms with Gasteiger partial charge in [0.2, 0.25) is 0 Å². The Bertz CT molecular complexity index is 490. The number of hydrogen-bond acceptors (Lipinski definition) is 1. The van der Waals surface area contributed by atoms with Crippen LogP contribution in [0.5, 0.6) is 0 Å². The number of aromatic nitrogens is 2. The van der Waals surface area contributed by atoms with Crippen molar-refractivity contribution in [3.63, 3.8) is 0 Å². The van der Waals surface area contributed by atoms with Gasteiger partial charge >= 0.3 is 0 Å². The predicted octanol–water partition coefficient (Wildman–Crippen LogP) is 4.90. The highest BCUT2D eigenvalue weighted by atomic mass is 35.5. The maximum atomic E-state index is 5.98. The topological polar surface area (TPSA) is 28.7 Å². The molecular weight excluding hydrogens is 232 g/mol. The Morgan fingerprint density at radius 1 is 1.35 bits per heavy atom. The van der Waals surface area contributed by atoms with E-state index in [0.717, 1.165) is 28.3 Å². The Balaban J connectivity index is 2.27. The minimum absolute atomic E-state index is 0.543. The highest BCUT2D eigenvalue weighted by Crippen LogP contribution is 2.26. The van der Waals surface area contributed by atoms with Crippen LogP contribution >= 0.6 is 11.6 Å². The van der Waals surface area contributed by atoms with Gasteiger partial charge in [-0.05, 0) is 31.0 Å². The van der Waals surface area contributed by atoms with Crippen molar-refractivity contribution < 1.29 is 0 Å². The van der Waals surface area contributed by atoms with Gasteiger partial charge in [0.25, 0.3) is 0 Å². The summed E-state index contributed by atoms with van der Waals surface area (Å²) in [5, 5.41) is 0.759. The first kappa shape index (κ1) is 12.4. The van der Waals surface area contributed by atoms with Gasteiger partial charge < -0.3 is 4.98 Å². The molecular formula is C14H19ClN2. The Morgan fingerprint density at radius 3 is 2.88 bits per heavy atom. The van der Waals surface area contributed by atoms with Gasteiger partial charge in [0.05, 0.1) is 11.0 Å². The zero-order valence-electron chi connectivity index (χ0n) is 10.5. The molecule has 2 aromatic rings. The van der Waals surface area contributed by atoms with Crippen molar-refractivity contribution >= 4 is 22.6 Å². The summed E-state index contributed by atoms with van der Waals surface area (Å²) in [5.74, 6) is 1.65. The van der Waals surface area contributed by atoms with E-state index in [0.29, 0.717) is 5.92 Å². The second kappa shape index (κ2) is 5.54. The van der Waals surface area contributed by atoms with Gasteiger partial charge in [0.1, 0.15) is 5.82 Å². The molecule has 0 amide bonds. The fourth-order valence-electron chi connectivity index (χ4n) is 2.18. The van der Waals surface area contributed by atoms with E-state index in [1.165, 1.54) is 19.3 Å². The molecule has 0 saturated carbocycles. The third-order valence-corrected chi connectivity index (χ3v) is 3.48. The maximum Gasteiger partial charge on any atom is 0.110 e. The van der Waals surface area contributed by atoms with Crippen molar-refractivity contribution in [2.75, 3.05) is 0 Å². The average molecular weight is 251 g/mol. The van der Waals surface area contributed by atoms with Crippen molar-refractivity contribution in [2.24, 2.45) is 0 Å². The summed E-state index contributed by atoms with van der Waals surface area (Å²) in [6.45, 7) is 4.45. The van der Waals surface area contributed by atoms with E-state index in [9.17, 15) is 0 Å². The van der Waals surface area contributed by atoms with E-state index >= 15 is 0 Å². The van der Waals surface area contributed by atoms with Gasteiger partial charge in [-0.2, -0.15) is 0 Å². The molecule has 1 unspecified atom stereocenters. The van der Waals surface area contributed by atoms with Crippen molar-refractivity contribution in [1.82, 2.24) is 9.97 Å². The van der Waals surface area contributed by atoms with Crippen molar-refractivity contribution in [3.05, 3.63) is 29.0 Å². The summed E-state index contributed by atoms with van der Waals surface area (Å²) in [5.41, 5.74) is 2.06. The number of benzene rings is 1. The second-order valence-electron chi connectivity index (χ2n) is 4.53. The molecule has 17 heavy (non-hydrogen) atoms. The summed E-state index contributed by atoms with van der Waals surface area (Å²) in [6.07, 6.45) is 4.84. The number of hydrogen-bond donors (Lipinski definition) is 1. The highest BCUT2D eigenvalue weighted by Gasteiger charge is 2.13. The monoisotopic (exact) mass is 250 g/mol. The first-order valence-electron chi connectivity index (χ1n) is 6.39. The smallest absolute Gasteiger partial charge is 0.110 e. The number of nitrogens with zero attached hydrogens (tertiary/aromatic N) is 1. The predicted molar refractivity (Wildman–Crippen MR) is 73.7 cm³/mol. The van der Waals surface area contributed by atoms with Crippen molar-refractivity contribution in [2.45, 2.75) is 45.4 Å². The number of halogens is 1. The van der Waals surface area contributed by atoms with Crippen LogP contribution in [-0.4, -0.2) is 9.97 Å². The van der Waals surface area contributed by atoms with Crippen LogP contribution in [0, 0.1) is 0 Å². The molecule has 0 aliphatic heterocycles.